The standard InChI is InChI=1S/C46H28S/c1-2-13-29(14-3-1)30-25-26-40(32-16-5-4-15-31(30)32)45-38-19-8-6-17-36(38)44(37-18-7-9-20-39(37)45)34-22-12-23-35-33(34)27-28-43-46(35)41-21-10-11-24-42(41)47-43/h1-28H. The van der Waals surface area contributed by atoms with E-state index < -0.39 is 0 Å². The lowest BCUT2D eigenvalue weighted by Crippen LogP contribution is -1.93. The van der Waals surface area contributed by atoms with Crippen molar-refractivity contribution in [1.82, 2.24) is 0 Å². The second kappa shape index (κ2) is 10.4. The van der Waals surface area contributed by atoms with E-state index in [0.717, 1.165) is 0 Å². The summed E-state index contributed by atoms with van der Waals surface area (Å²) in [4.78, 5) is 0. The Bertz CT molecular complexity index is 2780. The molecule has 0 atom stereocenters. The molecule has 1 aromatic heterocycles. The van der Waals surface area contributed by atoms with Crippen LogP contribution in [0.5, 0.6) is 0 Å². The predicted molar refractivity (Wildman–Crippen MR) is 206 cm³/mol. The molecule has 0 aliphatic heterocycles. The van der Waals surface area contributed by atoms with Gasteiger partial charge >= 0.3 is 0 Å². The van der Waals surface area contributed by atoms with Crippen LogP contribution in [0.2, 0.25) is 0 Å². The van der Waals surface area contributed by atoms with Crippen LogP contribution in [-0.4, -0.2) is 0 Å². The quantitative estimate of drug-likeness (QED) is 0.174. The summed E-state index contributed by atoms with van der Waals surface area (Å²) in [5.74, 6) is 0. The van der Waals surface area contributed by atoms with Crippen molar-refractivity contribution in [3.63, 3.8) is 0 Å². The summed E-state index contributed by atoms with van der Waals surface area (Å²) in [5, 5.41) is 13.0. The second-order valence-corrected chi connectivity index (χ2v) is 13.4. The maximum Gasteiger partial charge on any atom is 0.0361 e. The summed E-state index contributed by atoms with van der Waals surface area (Å²) in [7, 11) is 0. The van der Waals surface area contributed by atoms with Crippen molar-refractivity contribution in [2.24, 2.45) is 0 Å². The van der Waals surface area contributed by atoms with Crippen LogP contribution in [0.1, 0.15) is 0 Å². The summed E-state index contributed by atoms with van der Waals surface area (Å²) in [6.45, 7) is 0. The summed E-state index contributed by atoms with van der Waals surface area (Å²) in [5.41, 5.74) is 7.64. The molecule has 0 spiro atoms. The third-order valence-corrected chi connectivity index (χ3v) is 11.0. The Morgan fingerprint density at radius 2 is 0.723 bits per heavy atom. The Morgan fingerprint density at radius 3 is 1.38 bits per heavy atom. The molecular weight excluding hydrogens is 585 g/mol. The van der Waals surface area contributed by atoms with Gasteiger partial charge in [-0.05, 0) is 88.6 Å². The average molecular weight is 613 g/mol. The van der Waals surface area contributed by atoms with E-state index in [1.165, 1.54) is 96.6 Å². The molecule has 1 heteroatoms. The highest BCUT2D eigenvalue weighted by Crippen LogP contribution is 2.48. The van der Waals surface area contributed by atoms with Crippen LogP contribution in [0.15, 0.2) is 170 Å². The van der Waals surface area contributed by atoms with Gasteiger partial charge in [0.25, 0.3) is 0 Å². The van der Waals surface area contributed by atoms with Crippen molar-refractivity contribution in [3.8, 4) is 33.4 Å². The van der Waals surface area contributed by atoms with Crippen molar-refractivity contribution < 1.29 is 0 Å². The summed E-state index contributed by atoms with van der Waals surface area (Å²) >= 11 is 1.88. The smallest absolute Gasteiger partial charge is 0.0361 e. The predicted octanol–water partition coefficient (Wildman–Crippen LogP) is 13.7. The van der Waals surface area contributed by atoms with E-state index in [9.17, 15) is 0 Å². The maximum atomic E-state index is 2.34. The zero-order valence-electron chi connectivity index (χ0n) is 25.6. The van der Waals surface area contributed by atoms with Gasteiger partial charge in [-0.2, -0.15) is 0 Å². The lowest BCUT2D eigenvalue weighted by atomic mass is 9.83. The Kier molecular flexibility index (Phi) is 5.85. The molecule has 0 saturated heterocycles. The van der Waals surface area contributed by atoms with E-state index in [4.69, 9.17) is 0 Å². The largest absolute Gasteiger partial charge is 0.135 e. The van der Waals surface area contributed by atoms with Gasteiger partial charge < -0.3 is 0 Å². The number of thiophene rings is 1. The molecule has 1 heterocycles. The molecule has 0 saturated carbocycles. The zero-order chi connectivity index (χ0) is 30.9. The molecule has 10 rings (SSSR count). The van der Waals surface area contributed by atoms with Gasteiger partial charge in [-0.25, -0.2) is 0 Å². The molecule has 0 amide bonds. The molecule has 218 valence electrons. The third-order valence-electron chi connectivity index (χ3n) is 9.88. The fourth-order valence-electron chi connectivity index (χ4n) is 7.89. The number of hydrogen-bond donors (Lipinski definition) is 0. The van der Waals surface area contributed by atoms with Gasteiger partial charge in [-0.1, -0.05) is 158 Å². The van der Waals surface area contributed by atoms with Crippen molar-refractivity contribution >= 4 is 74.6 Å². The molecule has 47 heavy (non-hydrogen) atoms. The molecule has 0 bridgehead atoms. The maximum absolute atomic E-state index is 2.34. The van der Waals surface area contributed by atoms with Crippen LogP contribution in [0.25, 0.3) is 96.6 Å². The van der Waals surface area contributed by atoms with Gasteiger partial charge in [0, 0.05) is 20.2 Å². The van der Waals surface area contributed by atoms with Crippen LogP contribution in [0.3, 0.4) is 0 Å². The van der Waals surface area contributed by atoms with Gasteiger partial charge in [-0.15, -0.1) is 11.3 Å². The molecule has 0 unspecified atom stereocenters. The lowest BCUT2D eigenvalue weighted by Gasteiger charge is -2.20. The second-order valence-electron chi connectivity index (χ2n) is 12.4. The van der Waals surface area contributed by atoms with E-state index in [2.05, 4.69) is 170 Å². The summed E-state index contributed by atoms with van der Waals surface area (Å²) in [6.07, 6.45) is 0. The van der Waals surface area contributed by atoms with E-state index >= 15 is 0 Å². The van der Waals surface area contributed by atoms with Gasteiger partial charge in [0.05, 0.1) is 0 Å². The fourth-order valence-corrected chi connectivity index (χ4v) is 9.02. The highest BCUT2D eigenvalue weighted by molar-refractivity contribution is 7.26. The molecule has 9 aromatic carbocycles. The molecule has 0 nitrogen and oxygen atoms in total. The molecule has 0 aliphatic rings. The average Bonchev–Trinajstić information content (AvgIpc) is 3.53. The first-order valence-corrected chi connectivity index (χ1v) is 17.0. The van der Waals surface area contributed by atoms with Crippen LogP contribution in [-0.2, 0) is 0 Å². The molecule has 0 aliphatic carbocycles. The van der Waals surface area contributed by atoms with Gasteiger partial charge in [0.15, 0.2) is 0 Å². The molecule has 0 radical (unpaired) electrons. The van der Waals surface area contributed by atoms with E-state index in [0.29, 0.717) is 0 Å². The van der Waals surface area contributed by atoms with Crippen molar-refractivity contribution in [1.29, 1.82) is 0 Å². The van der Waals surface area contributed by atoms with Crippen LogP contribution < -0.4 is 0 Å². The topological polar surface area (TPSA) is 0 Å². The first-order chi connectivity index (χ1) is 23.3. The highest BCUT2D eigenvalue weighted by atomic mass is 32.1. The summed E-state index contributed by atoms with van der Waals surface area (Å²) < 4.78 is 2.68. The zero-order valence-corrected chi connectivity index (χ0v) is 26.4. The third kappa shape index (κ3) is 3.94. The Balaban J connectivity index is 1.31. The highest BCUT2D eigenvalue weighted by Gasteiger charge is 2.20. The minimum absolute atomic E-state index is 1.24. The molecule has 10 aromatic rings. The first kappa shape index (κ1) is 26.5. The van der Waals surface area contributed by atoms with Crippen molar-refractivity contribution in [2.45, 2.75) is 0 Å². The van der Waals surface area contributed by atoms with Gasteiger partial charge in [0.2, 0.25) is 0 Å². The van der Waals surface area contributed by atoms with E-state index in [-0.39, 0.29) is 0 Å². The number of rotatable bonds is 3. The van der Waals surface area contributed by atoms with Crippen molar-refractivity contribution in [2.75, 3.05) is 0 Å². The van der Waals surface area contributed by atoms with Gasteiger partial charge in [-0.3, -0.25) is 0 Å². The number of hydrogen-bond acceptors (Lipinski definition) is 1. The fraction of sp³-hybridized carbons (Fsp3) is 0. The van der Waals surface area contributed by atoms with Crippen molar-refractivity contribution in [3.05, 3.63) is 170 Å². The SMILES string of the molecule is c1ccc(-c2ccc(-c3c4ccccc4c(-c4cccc5c4ccc4sc6ccccc6c45)c4ccccc34)c3ccccc23)cc1. The summed E-state index contributed by atoms with van der Waals surface area (Å²) in [6, 6.07) is 62.7. The Labute approximate surface area is 276 Å². The monoisotopic (exact) mass is 612 g/mol. The molecule has 0 fully saturated rings. The van der Waals surface area contributed by atoms with Crippen LogP contribution in [0, 0.1) is 0 Å². The van der Waals surface area contributed by atoms with Crippen LogP contribution in [0.4, 0.5) is 0 Å². The Hall–Kier alpha value is -5.76. The normalized spacial score (nSPS) is 11.8. The number of fused-ring (bicyclic) bond motifs is 8. The first-order valence-electron chi connectivity index (χ1n) is 16.2. The molecule has 0 N–H and O–H groups in total. The minimum Gasteiger partial charge on any atom is -0.135 e. The van der Waals surface area contributed by atoms with E-state index in [1.54, 1.807) is 0 Å². The van der Waals surface area contributed by atoms with Gasteiger partial charge in [0.1, 0.15) is 0 Å². The lowest BCUT2D eigenvalue weighted by molar-refractivity contribution is 1.64. The van der Waals surface area contributed by atoms with E-state index in [1.807, 2.05) is 11.3 Å². The molecular formula is C46H28S. The minimum atomic E-state index is 1.24. The van der Waals surface area contributed by atoms with Crippen LogP contribution >= 0.6 is 11.3 Å². The number of benzene rings is 9. The Morgan fingerprint density at radius 1 is 0.255 bits per heavy atom.